The van der Waals surface area contributed by atoms with Crippen molar-refractivity contribution >= 4 is 6.29 Å². The standard InChI is InChI=1S/C14H27NO2/c1-12(8-10-16)15(7)14(5,6)9-11-17-13(2,3)4/h8,10H,9,11H2,1-7H3. The Balaban J connectivity index is 4.37. The molecule has 0 radical (unpaired) electrons. The van der Waals surface area contributed by atoms with Gasteiger partial charge in [-0.25, -0.2) is 0 Å². The smallest absolute Gasteiger partial charge is 0.144 e. The van der Waals surface area contributed by atoms with E-state index in [0.29, 0.717) is 0 Å². The van der Waals surface area contributed by atoms with Crippen molar-refractivity contribution < 1.29 is 9.53 Å². The van der Waals surface area contributed by atoms with E-state index in [-0.39, 0.29) is 11.1 Å². The SMILES string of the molecule is CC(=CC=O)N(C)C(C)(C)CCOC(C)(C)C. The molecule has 0 rings (SSSR count). The zero-order chi connectivity index (χ0) is 13.7. The second kappa shape index (κ2) is 6.20. The van der Waals surface area contributed by atoms with Gasteiger partial charge in [0.1, 0.15) is 6.29 Å². The molecule has 0 fully saturated rings. The first-order valence-corrected chi connectivity index (χ1v) is 6.10. The second-order valence-corrected chi connectivity index (χ2v) is 6.03. The first kappa shape index (κ1) is 16.2. The van der Waals surface area contributed by atoms with Crippen LogP contribution in [0.25, 0.3) is 0 Å². The van der Waals surface area contributed by atoms with E-state index in [4.69, 9.17) is 4.74 Å². The molecule has 3 nitrogen and oxygen atoms in total. The number of allylic oxidation sites excluding steroid dienone is 2. The molecule has 17 heavy (non-hydrogen) atoms. The summed E-state index contributed by atoms with van der Waals surface area (Å²) < 4.78 is 5.74. The van der Waals surface area contributed by atoms with Gasteiger partial charge in [0.05, 0.1) is 5.60 Å². The largest absolute Gasteiger partial charge is 0.376 e. The van der Waals surface area contributed by atoms with Crippen LogP contribution in [0.1, 0.15) is 48.0 Å². The summed E-state index contributed by atoms with van der Waals surface area (Å²) in [6.07, 6.45) is 3.34. The summed E-state index contributed by atoms with van der Waals surface area (Å²) in [7, 11) is 2.01. The topological polar surface area (TPSA) is 29.5 Å². The predicted molar refractivity (Wildman–Crippen MR) is 72.0 cm³/mol. The molecule has 0 unspecified atom stereocenters. The third-order valence-corrected chi connectivity index (χ3v) is 3.00. The molecule has 100 valence electrons. The number of carbonyl (C=O) groups excluding carboxylic acids is 1. The van der Waals surface area contributed by atoms with Crippen LogP contribution in [0.2, 0.25) is 0 Å². The lowest BCUT2D eigenvalue weighted by molar-refractivity contribution is -0.104. The van der Waals surface area contributed by atoms with E-state index in [1.54, 1.807) is 6.08 Å². The van der Waals surface area contributed by atoms with Gasteiger partial charge in [0.2, 0.25) is 0 Å². The van der Waals surface area contributed by atoms with Crippen LogP contribution >= 0.6 is 0 Å². The van der Waals surface area contributed by atoms with Gasteiger partial charge in [-0.2, -0.15) is 0 Å². The van der Waals surface area contributed by atoms with Crippen LogP contribution in [0.15, 0.2) is 11.8 Å². The van der Waals surface area contributed by atoms with Crippen LogP contribution in [0.4, 0.5) is 0 Å². The van der Waals surface area contributed by atoms with Gasteiger partial charge in [0.25, 0.3) is 0 Å². The fraction of sp³-hybridized carbons (Fsp3) is 0.786. The molecule has 0 heterocycles. The predicted octanol–water partition coefficient (Wildman–Crippen LogP) is 3.00. The fourth-order valence-corrected chi connectivity index (χ4v) is 1.46. The highest BCUT2D eigenvalue weighted by Crippen LogP contribution is 2.22. The summed E-state index contributed by atoms with van der Waals surface area (Å²) in [5.74, 6) is 0. The number of hydrogen-bond donors (Lipinski definition) is 0. The van der Waals surface area contributed by atoms with Gasteiger partial charge in [-0.05, 0) is 54.0 Å². The quantitative estimate of drug-likeness (QED) is 0.529. The monoisotopic (exact) mass is 241 g/mol. The summed E-state index contributed by atoms with van der Waals surface area (Å²) in [5.41, 5.74) is 0.859. The molecule has 0 aliphatic heterocycles. The van der Waals surface area contributed by atoms with Gasteiger partial charge in [-0.3, -0.25) is 4.79 Å². The van der Waals surface area contributed by atoms with E-state index in [0.717, 1.165) is 25.0 Å². The highest BCUT2D eigenvalue weighted by molar-refractivity contribution is 5.65. The van der Waals surface area contributed by atoms with Crippen molar-refractivity contribution in [1.82, 2.24) is 4.90 Å². The second-order valence-electron chi connectivity index (χ2n) is 6.03. The lowest BCUT2D eigenvalue weighted by atomic mass is 9.98. The Morgan fingerprint density at radius 2 is 1.76 bits per heavy atom. The normalized spacial score (nSPS) is 13.7. The summed E-state index contributed by atoms with van der Waals surface area (Å²) >= 11 is 0. The van der Waals surface area contributed by atoms with Crippen LogP contribution < -0.4 is 0 Å². The molecule has 0 aliphatic carbocycles. The van der Waals surface area contributed by atoms with Gasteiger partial charge in [-0.1, -0.05) is 0 Å². The van der Waals surface area contributed by atoms with E-state index >= 15 is 0 Å². The number of carbonyl (C=O) groups is 1. The Bertz CT molecular complexity index is 274. The first-order valence-electron chi connectivity index (χ1n) is 6.10. The van der Waals surface area contributed by atoms with Crippen molar-refractivity contribution in [3.63, 3.8) is 0 Å². The summed E-state index contributed by atoms with van der Waals surface area (Å²) in [6, 6.07) is 0. The number of aldehydes is 1. The van der Waals surface area contributed by atoms with Gasteiger partial charge < -0.3 is 9.64 Å². The zero-order valence-corrected chi connectivity index (χ0v) is 12.3. The van der Waals surface area contributed by atoms with Gasteiger partial charge in [0, 0.05) is 24.9 Å². The summed E-state index contributed by atoms with van der Waals surface area (Å²) in [4.78, 5) is 12.6. The number of ether oxygens (including phenoxy) is 1. The number of rotatable bonds is 6. The van der Waals surface area contributed by atoms with E-state index in [9.17, 15) is 4.79 Å². The third-order valence-electron chi connectivity index (χ3n) is 3.00. The molecule has 0 amide bonds. The molecule has 0 N–H and O–H groups in total. The van der Waals surface area contributed by atoms with Crippen LogP contribution in [0.3, 0.4) is 0 Å². The maximum atomic E-state index is 10.5. The van der Waals surface area contributed by atoms with Crippen molar-refractivity contribution in [1.29, 1.82) is 0 Å². The summed E-state index contributed by atoms with van der Waals surface area (Å²) in [6.45, 7) is 13.1. The minimum absolute atomic E-state index is 0.0190. The zero-order valence-electron chi connectivity index (χ0n) is 12.3. The lowest BCUT2D eigenvalue weighted by Gasteiger charge is -2.38. The molecule has 3 heteroatoms. The lowest BCUT2D eigenvalue weighted by Crippen LogP contribution is -2.41. The molecule has 0 bridgehead atoms. The van der Waals surface area contributed by atoms with Crippen molar-refractivity contribution in [2.75, 3.05) is 13.7 Å². The average molecular weight is 241 g/mol. The van der Waals surface area contributed by atoms with E-state index in [1.807, 2.05) is 14.0 Å². The molecule has 0 aromatic carbocycles. The Morgan fingerprint density at radius 1 is 1.24 bits per heavy atom. The van der Waals surface area contributed by atoms with Gasteiger partial charge >= 0.3 is 0 Å². The van der Waals surface area contributed by atoms with Crippen molar-refractivity contribution in [3.05, 3.63) is 11.8 Å². The number of hydrogen-bond acceptors (Lipinski definition) is 3. The maximum Gasteiger partial charge on any atom is 0.144 e. The minimum Gasteiger partial charge on any atom is -0.376 e. The Hall–Kier alpha value is -0.830. The van der Waals surface area contributed by atoms with Crippen molar-refractivity contribution in [2.45, 2.75) is 59.1 Å². The molecule has 0 atom stereocenters. The van der Waals surface area contributed by atoms with E-state index < -0.39 is 0 Å². The average Bonchev–Trinajstić information content (AvgIpc) is 2.14. The molecule has 0 saturated heterocycles. The van der Waals surface area contributed by atoms with Crippen molar-refractivity contribution in [2.24, 2.45) is 0 Å². The molecule has 0 aromatic rings. The summed E-state index contributed by atoms with van der Waals surface area (Å²) in [5, 5.41) is 0. The van der Waals surface area contributed by atoms with Crippen LogP contribution in [0, 0.1) is 0 Å². The highest BCUT2D eigenvalue weighted by atomic mass is 16.5. The Morgan fingerprint density at radius 3 is 2.18 bits per heavy atom. The highest BCUT2D eigenvalue weighted by Gasteiger charge is 2.24. The third kappa shape index (κ3) is 6.47. The van der Waals surface area contributed by atoms with Gasteiger partial charge in [0.15, 0.2) is 0 Å². The molecule has 0 aromatic heterocycles. The molecule has 0 spiro atoms. The van der Waals surface area contributed by atoms with E-state index in [2.05, 4.69) is 39.5 Å². The van der Waals surface area contributed by atoms with Crippen LogP contribution in [-0.4, -0.2) is 36.0 Å². The molecular weight excluding hydrogens is 214 g/mol. The Labute approximate surface area is 106 Å². The van der Waals surface area contributed by atoms with Crippen molar-refractivity contribution in [3.8, 4) is 0 Å². The molecular formula is C14H27NO2. The molecule has 0 saturated carbocycles. The fourth-order valence-electron chi connectivity index (χ4n) is 1.46. The van der Waals surface area contributed by atoms with Gasteiger partial charge in [-0.15, -0.1) is 0 Å². The molecule has 0 aliphatic rings. The van der Waals surface area contributed by atoms with Crippen LogP contribution in [0.5, 0.6) is 0 Å². The maximum absolute atomic E-state index is 10.5. The first-order chi connectivity index (χ1) is 7.60. The number of nitrogens with zero attached hydrogens (tertiary/aromatic N) is 1. The van der Waals surface area contributed by atoms with Crippen LogP contribution in [-0.2, 0) is 9.53 Å². The minimum atomic E-state index is -0.0949. The Kier molecular flexibility index (Phi) is 5.89. The van der Waals surface area contributed by atoms with E-state index in [1.165, 1.54) is 0 Å².